The zero-order chi connectivity index (χ0) is 30.9. The molecule has 0 saturated heterocycles. The fourth-order valence-electron chi connectivity index (χ4n) is 4.40. The Kier molecular flexibility index (Phi) is 8.28. The average Bonchev–Trinajstić information content (AvgIpc) is 2.94. The Morgan fingerprint density at radius 1 is 1.05 bits per heavy atom. The third-order valence-corrected chi connectivity index (χ3v) is 6.34. The second kappa shape index (κ2) is 11.7. The topological polar surface area (TPSA) is 113 Å². The zero-order valence-electron chi connectivity index (χ0n) is 21.9. The second-order valence-electron chi connectivity index (χ2n) is 9.10. The molecule has 0 fully saturated rings. The molecule has 0 amide bonds. The predicted molar refractivity (Wildman–Crippen MR) is 141 cm³/mol. The van der Waals surface area contributed by atoms with E-state index in [1.165, 1.54) is 30.0 Å². The molecule has 4 aromatic rings. The molecule has 13 heteroatoms. The third kappa shape index (κ3) is 5.51. The summed E-state index contributed by atoms with van der Waals surface area (Å²) in [6, 6.07) is 6.43. The van der Waals surface area contributed by atoms with Gasteiger partial charge in [-0.25, -0.2) is 31.7 Å². The van der Waals surface area contributed by atoms with Gasteiger partial charge < -0.3 is 19.7 Å². The lowest BCUT2D eigenvalue weighted by Crippen LogP contribution is -2.25. The van der Waals surface area contributed by atoms with Gasteiger partial charge in [-0.15, -0.1) is 6.42 Å². The molecule has 1 heterocycles. The fourth-order valence-corrected chi connectivity index (χ4v) is 4.40. The van der Waals surface area contributed by atoms with E-state index < -0.39 is 63.3 Å². The fraction of sp³-hybridized carbons (Fsp3) is 0.172. The standard InChI is InChI=1S/C29H20F5N3O5/c1-4-8-37(11-15-10-17-18(9-13(15)2)35-20(36-28(17)39)12-42-14(3)38)19-7-5-6-16(29(40)41)21(19)22-23(30)25(32)27(34)26(33)24(22)31/h1,5-7,9-10H,8,11-12H2,2-3H3,(H,40,41)(H,35,36,39). The molecule has 1 aromatic heterocycles. The van der Waals surface area contributed by atoms with Gasteiger partial charge in [-0.1, -0.05) is 12.0 Å². The first kappa shape index (κ1) is 29.7. The van der Waals surface area contributed by atoms with Gasteiger partial charge in [-0.2, -0.15) is 0 Å². The van der Waals surface area contributed by atoms with Gasteiger partial charge in [0.2, 0.25) is 5.82 Å². The molecule has 0 aliphatic carbocycles. The Bertz CT molecular complexity index is 1840. The number of nitrogens with zero attached hydrogens (tertiary/aromatic N) is 2. The quantitative estimate of drug-likeness (QED) is 0.0985. The lowest BCUT2D eigenvalue weighted by molar-refractivity contribution is -0.142. The van der Waals surface area contributed by atoms with Crippen LogP contribution in [0.2, 0.25) is 0 Å². The minimum atomic E-state index is -2.40. The van der Waals surface area contributed by atoms with E-state index in [9.17, 15) is 41.4 Å². The van der Waals surface area contributed by atoms with Gasteiger partial charge in [-0.05, 0) is 42.3 Å². The summed E-state index contributed by atoms with van der Waals surface area (Å²) in [6.07, 6.45) is 5.53. The molecule has 0 spiro atoms. The molecule has 4 rings (SSSR count). The first-order valence-corrected chi connectivity index (χ1v) is 12.1. The van der Waals surface area contributed by atoms with E-state index in [1.54, 1.807) is 13.0 Å². The van der Waals surface area contributed by atoms with Gasteiger partial charge >= 0.3 is 11.9 Å². The highest BCUT2D eigenvalue weighted by Crippen LogP contribution is 2.40. The monoisotopic (exact) mass is 585 g/mol. The smallest absolute Gasteiger partial charge is 0.336 e. The molecule has 0 unspecified atom stereocenters. The summed E-state index contributed by atoms with van der Waals surface area (Å²) in [7, 11) is 0. The lowest BCUT2D eigenvalue weighted by Gasteiger charge is -2.27. The van der Waals surface area contributed by atoms with Crippen molar-refractivity contribution in [1.29, 1.82) is 0 Å². The summed E-state index contributed by atoms with van der Waals surface area (Å²) < 4.78 is 77.0. The molecule has 42 heavy (non-hydrogen) atoms. The summed E-state index contributed by atoms with van der Waals surface area (Å²) in [5.74, 6) is -11.2. The van der Waals surface area contributed by atoms with Gasteiger partial charge in [0.1, 0.15) is 12.4 Å². The van der Waals surface area contributed by atoms with Crippen molar-refractivity contribution in [2.75, 3.05) is 11.4 Å². The largest absolute Gasteiger partial charge is 0.478 e. The zero-order valence-corrected chi connectivity index (χ0v) is 21.9. The number of ether oxygens (including phenoxy) is 1. The Hall–Kier alpha value is -5.25. The van der Waals surface area contributed by atoms with Crippen LogP contribution in [0, 0.1) is 48.4 Å². The molecule has 8 nitrogen and oxygen atoms in total. The van der Waals surface area contributed by atoms with Crippen molar-refractivity contribution in [3.8, 4) is 23.5 Å². The number of terminal acetylenes is 1. The van der Waals surface area contributed by atoms with Crippen LogP contribution in [0.15, 0.2) is 35.1 Å². The van der Waals surface area contributed by atoms with Crippen LogP contribution in [-0.4, -0.2) is 33.6 Å². The van der Waals surface area contributed by atoms with Crippen LogP contribution in [0.4, 0.5) is 27.6 Å². The van der Waals surface area contributed by atoms with E-state index in [0.717, 1.165) is 6.07 Å². The number of carboxylic acids is 1. The second-order valence-corrected chi connectivity index (χ2v) is 9.10. The van der Waals surface area contributed by atoms with Crippen molar-refractivity contribution in [2.45, 2.75) is 27.0 Å². The number of carbonyl (C=O) groups is 2. The Balaban J connectivity index is 1.90. The highest BCUT2D eigenvalue weighted by molar-refractivity contribution is 6.00. The number of halogens is 5. The number of hydrogen-bond donors (Lipinski definition) is 2. The van der Waals surface area contributed by atoms with Gasteiger partial charge in [0, 0.05) is 24.7 Å². The first-order chi connectivity index (χ1) is 19.8. The maximum absolute atomic E-state index is 15.0. The molecular formula is C29H20F5N3O5. The van der Waals surface area contributed by atoms with Crippen LogP contribution in [0.1, 0.15) is 34.2 Å². The van der Waals surface area contributed by atoms with E-state index in [4.69, 9.17) is 11.2 Å². The third-order valence-electron chi connectivity index (χ3n) is 6.34. The molecular weight excluding hydrogens is 565 g/mol. The highest BCUT2D eigenvalue weighted by Gasteiger charge is 2.31. The normalized spacial score (nSPS) is 10.9. The summed E-state index contributed by atoms with van der Waals surface area (Å²) in [5, 5.41) is 9.90. The van der Waals surface area contributed by atoms with Gasteiger partial charge in [0.05, 0.1) is 28.6 Å². The van der Waals surface area contributed by atoms with E-state index >= 15 is 0 Å². The summed E-state index contributed by atoms with van der Waals surface area (Å²) in [6.45, 7) is 2.12. The van der Waals surface area contributed by atoms with E-state index in [-0.39, 0.29) is 42.1 Å². The molecule has 216 valence electrons. The average molecular weight is 585 g/mol. The number of carboxylic acid groups (broad SMARTS) is 1. The minimum Gasteiger partial charge on any atom is -0.478 e. The van der Waals surface area contributed by atoms with Crippen molar-refractivity contribution >= 4 is 28.5 Å². The number of aromatic carboxylic acids is 1. The van der Waals surface area contributed by atoms with E-state index in [1.807, 2.05) is 0 Å². The maximum atomic E-state index is 15.0. The van der Waals surface area contributed by atoms with Crippen molar-refractivity contribution < 1.29 is 41.4 Å². The van der Waals surface area contributed by atoms with Crippen LogP contribution in [0.25, 0.3) is 22.0 Å². The van der Waals surface area contributed by atoms with Gasteiger partial charge in [0.15, 0.2) is 23.3 Å². The van der Waals surface area contributed by atoms with E-state index in [2.05, 4.69) is 15.9 Å². The number of anilines is 1. The number of rotatable bonds is 8. The number of benzene rings is 3. The number of aromatic amines is 1. The molecule has 0 aliphatic heterocycles. The van der Waals surface area contributed by atoms with Gasteiger partial charge in [0.25, 0.3) is 5.56 Å². The number of fused-ring (bicyclic) bond motifs is 1. The summed E-state index contributed by atoms with van der Waals surface area (Å²) >= 11 is 0. The number of hydrogen-bond acceptors (Lipinski definition) is 6. The maximum Gasteiger partial charge on any atom is 0.336 e. The lowest BCUT2D eigenvalue weighted by atomic mass is 9.94. The highest BCUT2D eigenvalue weighted by atomic mass is 19.2. The number of nitrogens with one attached hydrogen (secondary N) is 1. The van der Waals surface area contributed by atoms with Crippen LogP contribution < -0.4 is 10.5 Å². The molecule has 0 bridgehead atoms. The number of carbonyl (C=O) groups excluding carboxylic acids is 1. The Morgan fingerprint density at radius 3 is 2.29 bits per heavy atom. The SMILES string of the molecule is C#CCN(Cc1cc2c(=O)[nH]c(COC(C)=O)nc2cc1C)c1cccc(C(=O)O)c1-c1c(F)c(F)c(F)c(F)c1F. The van der Waals surface area contributed by atoms with Crippen LogP contribution in [0.3, 0.4) is 0 Å². The Labute approximate surface area is 234 Å². The molecule has 3 aromatic carbocycles. The Morgan fingerprint density at radius 2 is 1.69 bits per heavy atom. The number of aryl methyl sites for hydroxylation is 1. The molecule has 2 N–H and O–H groups in total. The molecule has 0 radical (unpaired) electrons. The van der Waals surface area contributed by atoms with Crippen molar-refractivity contribution in [3.05, 3.63) is 92.3 Å². The van der Waals surface area contributed by atoms with Crippen molar-refractivity contribution in [3.63, 3.8) is 0 Å². The van der Waals surface area contributed by atoms with Crippen molar-refractivity contribution in [1.82, 2.24) is 9.97 Å². The molecule has 0 saturated carbocycles. The van der Waals surface area contributed by atoms with Gasteiger partial charge in [-0.3, -0.25) is 9.59 Å². The number of H-pyrrole nitrogens is 1. The van der Waals surface area contributed by atoms with Crippen LogP contribution in [0.5, 0.6) is 0 Å². The van der Waals surface area contributed by atoms with Crippen LogP contribution in [-0.2, 0) is 22.7 Å². The predicted octanol–water partition coefficient (Wildman–Crippen LogP) is 5.00. The number of esters is 1. The molecule has 0 atom stereocenters. The van der Waals surface area contributed by atoms with Crippen molar-refractivity contribution in [2.24, 2.45) is 0 Å². The first-order valence-electron chi connectivity index (χ1n) is 12.1. The van der Waals surface area contributed by atoms with E-state index in [0.29, 0.717) is 11.1 Å². The number of aromatic nitrogens is 2. The van der Waals surface area contributed by atoms with Crippen LogP contribution >= 0.6 is 0 Å². The summed E-state index contributed by atoms with van der Waals surface area (Å²) in [4.78, 5) is 44.0. The summed E-state index contributed by atoms with van der Waals surface area (Å²) in [5.41, 5.74) is -2.48. The molecule has 0 aliphatic rings. The minimum absolute atomic E-state index is 0.0988.